The number of amides is 1. The fourth-order valence-electron chi connectivity index (χ4n) is 5.84. The minimum Gasteiger partial charge on any atom is -0.395 e. The zero-order chi connectivity index (χ0) is 28.1. The van der Waals surface area contributed by atoms with Crippen LogP contribution >= 0.6 is 0 Å². The highest BCUT2D eigenvalue weighted by Gasteiger charge is 2.59. The standard InChI is InChI=1S/C25H29N9O7/c1-31-14-15(13-26-31)18-28-19-17(21(30-18)33-6-10-39-11-7-33)27-20(29-19)22(35)34-3-2-16(32-4-8-38-9-5-32)12-25(34)40-23(36)24(37)41-25/h13-14,16H,2-12H2,1H3,(H,27,28,29,30). The molecule has 4 fully saturated rings. The zero-order valence-electron chi connectivity index (χ0n) is 22.4. The van der Waals surface area contributed by atoms with E-state index in [4.69, 9.17) is 23.9 Å². The van der Waals surface area contributed by atoms with Gasteiger partial charge in [-0.1, -0.05) is 0 Å². The molecular weight excluding hydrogens is 538 g/mol. The first-order valence-corrected chi connectivity index (χ1v) is 13.6. The van der Waals surface area contributed by atoms with Crippen molar-refractivity contribution < 1.29 is 33.3 Å². The molecule has 1 N–H and O–H groups in total. The summed E-state index contributed by atoms with van der Waals surface area (Å²) >= 11 is 0. The number of nitrogens with zero attached hydrogens (tertiary/aromatic N) is 8. The highest BCUT2D eigenvalue weighted by molar-refractivity contribution is 6.31. The summed E-state index contributed by atoms with van der Waals surface area (Å²) in [7, 11) is 1.80. The lowest BCUT2D eigenvalue weighted by atomic mass is 9.98. The van der Waals surface area contributed by atoms with Crippen LogP contribution in [0.15, 0.2) is 12.4 Å². The molecule has 4 aliphatic heterocycles. The van der Waals surface area contributed by atoms with Gasteiger partial charge in [-0.15, -0.1) is 0 Å². The van der Waals surface area contributed by atoms with E-state index in [0.717, 1.165) is 0 Å². The molecule has 0 radical (unpaired) electrons. The van der Waals surface area contributed by atoms with Crippen molar-refractivity contribution >= 4 is 34.8 Å². The number of hydrogen-bond donors (Lipinski definition) is 1. The van der Waals surface area contributed by atoms with Crippen molar-refractivity contribution in [3.8, 4) is 11.4 Å². The predicted molar refractivity (Wildman–Crippen MR) is 138 cm³/mol. The van der Waals surface area contributed by atoms with E-state index in [1.54, 1.807) is 24.1 Å². The number of hydrogen-bond acceptors (Lipinski definition) is 13. The molecule has 0 aromatic carbocycles. The van der Waals surface area contributed by atoms with Crippen LogP contribution in [0.1, 0.15) is 23.5 Å². The van der Waals surface area contributed by atoms with E-state index >= 15 is 0 Å². The summed E-state index contributed by atoms with van der Waals surface area (Å²) in [6.07, 6.45) is 4.18. The molecule has 1 atom stereocenters. The van der Waals surface area contributed by atoms with E-state index in [9.17, 15) is 14.4 Å². The number of fused-ring (bicyclic) bond motifs is 1. The summed E-state index contributed by atoms with van der Waals surface area (Å²) < 4.78 is 23.6. The molecule has 41 heavy (non-hydrogen) atoms. The minimum atomic E-state index is -1.86. The van der Waals surface area contributed by atoms with E-state index in [1.165, 1.54) is 4.90 Å². The number of anilines is 1. The third kappa shape index (κ3) is 4.57. The lowest BCUT2D eigenvalue weighted by molar-refractivity contribution is -0.256. The number of nitrogens with one attached hydrogen (secondary N) is 1. The smallest absolute Gasteiger partial charge is 0.395 e. The van der Waals surface area contributed by atoms with Crippen LogP contribution in [-0.4, -0.2) is 128 Å². The molecule has 1 spiro atoms. The van der Waals surface area contributed by atoms with E-state index in [2.05, 4.69) is 29.9 Å². The third-order valence-corrected chi connectivity index (χ3v) is 7.88. The second-order valence-corrected chi connectivity index (χ2v) is 10.4. The van der Waals surface area contributed by atoms with Gasteiger partial charge >= 0.3 is 17.8 Å². The number of morpholine rings is 2. The van der Waals surface area contributed by atoms with Gasteiger partial charge in [-0.25, -0.2) is 24.5 Å². The highest BCUT2D eigenvalue weighted by atomic mass is 16.8. The van der Waals surface area contributed by atoms with Crippen LogP contribution in [0.2, 0.25) is 0 Å². The number of aryl methyl sites for hydroxylation is 1. The normalized spacial score (nSPS) is 23.3. The van der Waals surface area contributed by atoms with Crippen molar-refractivity contribution in [3.63, 3.8) is 0 Å². The first-order valence-electron chi connectivity index (χ1n) is 13.6. The monoisotopic (exact) mass is 567 g/mol. The van der Waals surface area contributed by atoms with Gasteiger partial charge in [0.1, 0.15) is 5.52 Å². The molecule has 7 heterocycles. The molecule has 4 saturated heterocycles. The molecule has 3 aromatic rings. The molecule has 0 bridgehead atoms. The van der Waals surface area contributed by atoms with Gasteiger partial charge in [0.05, 0.1) is 44.6 Å². The fraction of sp³-hybridized carbons (Fsp3) is 0.560. The lowest BCUT2D eigenvalue weighted by Gasteiger charge is -2.46. The van der Waals surface area contributed by atoms with E-state index in [0.29, 0.717) is 87.4 Å². The maximum absolute atomic E-state index is 14.0. The Morgan fingerprint density at radius 3 is 2.37 bits per heavy atom. The van der Waals surface area contributed by atoms with Crippen molar-refractivity contribution in [1.29, 1.82) is 0 Å². The predicted octanol–water partition coefficient (Wildman–Crippen LogP) is -0.719. The first-order chi connectivity index (χ1) is 19.9. The molecule has 4 aliphatic rings. The molecule has 0 aliphatic carbocycles. The maximum Gasteiger partial charge on any atom is 0.422 e. The number of aromatic nitrogens is 6. The van der Waals surface area contributed by atoms with Gasteiger partial charge in [-0.05, 0) is 6.42 Å². The van der Waals surface area contributed by atoms with Gasteiger partial charge in [0.2, 0.25) is 0 Å². The quantitative estimate of drug-likeness (QED) is 0.310. The number of imidazole rings is 1. The summed E-state index contributed by atoms with van der Waals surface area (Å²) in [5.41, 5.74) is 1.48. The van der Waals surface area contributed by atoms with Crippen molar-refractivity contribution in [2.75, 3.05) is 64.1 Å². The Morgan fingerprint density at radius 2 is 1.68 bits per heavy atom. The van der Waals surface area contributed by atoms with Gasteiger partial charge in [0.25, 0.3) is 5.91 Å². The van der Waals surface area contributed by atoms with Gasteiger partial charge in [-0.2, -0.15) is 5.10 Å². The topological polar surface area (TPSA) is 170 Å². The molecule has 16 heteroatoms. The van der Waals surface area contributed by atoms with Crippen molar-refractivity contribution in [2.24, 2.45) is 7.05 Å². The molecule has 3 aromatic heterocycles. The van der Waals surface area contributed by atoms with Crippen LogP contribution in [0.4, 0.5) is 5.82 Å². The summed E-state index contributed by atoms with van der Waals surface area (Å²) in [5.74, 6) is -3.72. The Bertz CT molecular complexity index is 1490. The molecule has 216 valence electrons. The Hall–Kier alpha value is -4.15. The molecule has 1 unspecified atom stereocenters. The Kier molecular flexibility index (Phi) is 6.32. The number of likely N-dealkylation sites (tertiary alicyclic amines) is 1. The summed E-state index contributed by atoms with van der Waals surface area (Å²) in [6, 6.07) is -0.0712. The van der Waals surface area contributed by atoms with Gasteiger partial charge in [0.15, 0.2) is 23.1 Å². The largest absolute Gasteiger partial charge is 0.422 e. The average Bonchev–Trinajstić information content (AvgIpc) is 3.70. The van der Waals surface area contributed by atoms with Crippen LogP contribution in [0.5, 0.6) is 0 Å². The van der Waals surface area contributed by atoms with Crippen LogP contribution in [0.3, 0.4) is 0 Å². The van der Waals surface area contributed by atoms with Gasteiger partial charge < -0.3 is 28.8 Å². The van der Waals surface area contributed by atoms with Crippen LogP contribution in [0, 0.1) is 0 Å². The number of ether oxygens (including phenoxy) is 4. The van der Waals surface area contributed by atoms with Crippen molar-refractivity contribution in [1.82, 2.24) is 39.5 Å². The summed E-state index contributed by atoms with van der Waals surface area (Å²) in [6.45, 7) is 5.01. The lowest BCUT2D eigenvalue weighted by Crippen LogP contribution is -2.62. The number of piperidine rings is 1. The first kappa shape index (κ1) is 25.8. The highest BCUT2D eigenvalue weighted by Crippen LogP contribution is 2.38. The Balaban J connectivity index is 1.25. The molecule has 16 nitrogen and oxygen atoms in total. The van der Waals surface area contributed by atoms with Crippen LogP contribution in [0.25, 0.3) is 22.6 Å². The van der Waals surface area contributed by atoms with Gasteiger partial charge in [0, 0.05) is 52.0 Å². The SMILES string of the molecule is Cn1cc(-c2nc(N3CCOCC3)c3[nH]c(C(=O)N4CCC(N5CCOCC5)CC45OC(=O)C(=O)O5)nc3n2)cn1. The minimum absolute atomic E-state index is 0.0321. The van der Waals surface area contributed by atoms with Gasteiger partial charge in [-0.3, -0.25) is 19.3 Å². The van der Waals surface area contributed by atoms with Crippen molar-refractivity contribution in [2.45, 2.75) is 24.8 Å². The number of carbonyl (C=O) groups is 3. The van der Waals surface area contributed by atoms with E-state index in [1.807, 2.05) is 0 Å². The third-order valence-electron chi connectivity index (χ3n) is 7.88. The fourth-order valence-corrected chi connectivity index (χ4v) is 5.84. The van der Waals surface area contributed by atoms with E-state index in [-0.39, 0.29) is 24.8 Å². The number of rotatable bonds is 4. The number of esters is 2. The van der Waals surface area contributed by atoms with E-state index < -0.39 is 23.8 Å². The number of carbonyl (C=O) groups excluding carboxylic acids is 3. The molecule has 0 saturated carbocycles. The molecular formula is C25H29N9O7. The van der Waals surface area contributed by atoms with Crippen LogP contribution in [-0.2, 0) is 35.6 Å². The second-order valence-electron chi connectivity index (χ2n) is 10.4. The maximum atomic E-state index is 14.0. The summed E-state index contributed by atoms with van der Waals surface area (Å²) in [5, 5.41) is 4.22. The number of aromatic amines is 1. The van der Waals surface area contributed by atoms with Crippen LogP contribution < -0.4 is 4.90 Å². The molecule has 7 rings (SSSR count). The second kappa shape index (κ2) is 10.0. The van der Waals surface area contributed by atoms with Crippen molar-refractivity contribution in [3.05, 3.63) is 18.2 Å². The number of H-pyrrole nitrogens is 1. The average molecular weight is 568 g/mol. The zero-order valence-corrected chi connectivity index (χ0v) is 22.4. The molecule has 1 amide bonds. The Morgan fingerprint density at radius 1 is 0.976 bits per heavy atom. The summed E-state index contributed by atoms with van der Waals surface area (Å²) in [4.78, 5) is 61.1. The Labute approximate surface area is 233 Å².